The minimum absolute atomic E-state index is 0.663. The Balaban J connectivity index is 1.77. The van der Waals surface area contributed by atoms with Crippen molar-refractivity contribution < 1.29 is 4.74 Å². The van der Waals surface area contributed by atoms with Crippen LogP contribution in [0.2, 0.25) is 0 Å². The maximum absolute atomic E-state index is 5.51. The lowest BCUT2D eigenvalue weighted by atomic mass is 10.1. The van der Waals surface area contributed by atoms with E-state index in [1.165, 1.54) is 16.3 Å². The highest BCUT2D eigenvalue weighted by Gasteiger charge is 2.08. The predicted molar refractivity (Wildman–Crippen MR) is 118 cm³/mol. The fraction of sp³-hybridized carbons (Fsp3) is 0.125. The van der Waals surface area contributed by atoms with Crippen LogP contribution in [-0.4, -0.2) is 11.2 Å². The number of thiazole rings is 1. The van der Waals surface area contributed by atoms with Crippen LogP contribution >= 0.6 is 11.3 Å². The molecule has 0 unspecified atom stereocenters. The zero-order valence-corrected chi connectivity index (χ0v) is 16.7. The Bertz CT molecular complexity index is 1170. The number of hydrogen-bond acceptors (Lipinski definition) is 3. The molecule has 3 nitrogen and oxygen atoms in total. The average Bonchev–Trinajstić information content (AvgIpc) is 3.12. The Morgan fingerprint density at radius 1 is 1.04 bits per heavy atom. The molecular weight excluding hydrogens is 364 g/mol. The van der Waals surface area contributed by atoms with Crippen molar-refractivity contribution in [3.05, 3.63) is 89.6 Å². The van der Waals surface area contributed by atoms with Gasteiger partial charge in [-0.3, -0.25) is 0 Å². The number of rotatable bonds is 6. The van der Waals surface area contributed by atoms with Crippen molar-refractivity contribution in [3.63, 3.8) is 0 Å². The molecule has 0 spiro atoms. The number of benzene rings is 3. The third-order valence-electron chi connectivity index (χ3n) is 4.53. The first-order valence-electron chi connectivity index (χ1n) is 9.34. The van der Waals surface area contributed by atoms with E-state index in [4.69, 9.17) is 9.73 Å². The summed E-state index contributed by atoms with van der Waals surface area (Å²) in [6.07, 6.45) is 1.91. The number of hydrogen-bond donors (Lipinski definition) is 0. The Morgan fingerprint density at radius 3 is 2.57 bits per heavy atom. The van der Waals surface area contributed by atoms with Crippen molar-refractivity contribution >= 4 is 27.8 Å². The van der Waals surface area contributed by atoms with Crippen LogP contribution in [0.4, 0.5) is 5.69 Å². The molecule has 28 heavy (non-hydrogen) atoms. The SMILES string of the molecule is C=CCn1c(-c2ccc3ccccc3c2)csc1=Nc1ccc(OCC)cc1. The van der Waals surface area contributed by atoms with Crippen LogP contribution in [0.3, 0.4) is 0 Å². The molecule has 3 aromatic carbocycles. The van der Waals surface area contributed by atoms with Gasteiger partial charge in [-0.15, -0.1) is 17.9 Å². The molecule has 0 saturated heterocycles. The molecule has 140 valence electrons. The number of allylic oxidation sites excluding steroid dienone is 1. The lowest BCUT2D eigenvalue weighted by Crippen LogP contribution is -2.14. The second-order valence-electron chi connectivity index (χ2n) is 6.40. The summed E-state index contributed by atoms with van der Waals surface area (Å²) in [5, 5.41) is 4.65. The Kier molecular flexibility index (Phi) is 5.40. The van der Waals surface area contributed by atoms with Gasteiger partial charge >= 0.3 is 0 Å². The molecule has 0 N–H and O–H groups in total. The van der Waals surface area contributed by atoms with Gasteiger partial charge in [-0.2, -0.15) is 0 Å². The first kappa shape index (κ1) is 18.3. The molecule has 0 atom stereocenters. The van der Waals surface area contributed by atoms with Crippen LogP contribution in [0.1, 0.15) is 6.92 Å². The summed E-state index contributed by atoms with van der Waals surface area (Å²) in [7, 11) is 0. The average molecular weight is 387 g/mol. The fourth-order valence-corrected chi connectivity index (χ4v) is 4.14. The van der Waals surface area contributed by atoms with Crippen LogP contribution in [0, 0.1) is 0 Å². The van der Waals surface area contributed by atoms with Crippen LogP contribution in [0.25, 0.3) is 22.0 Å². The van der Waals surface area contributed by atoms with E-state index in [9.17, 15) is 0 Å². The molecule has 0 saturated carbocycles. The second kappa shape index (κ2) is 8.28. The van der Waals surface area contributed by atoms with Gasteiger partial charge in [0, 0.05) is 11.9 Å². The third-order valence-corrected chi connectivity index (χ3v) is 5.39. The normalized spacial score (nSPS) is 11.7. The van der Waals surface area contributed by atoms with E-state index in [1.807, 2.05) is 37.3 Å². The predicted octanol–water partition coefficient (Wildman–Crippen LogP) is 6.19. The Labute approximate surface area is 168 Å². The number of ether oxygens (including phenoxy) is 1. The first-order valence-corrected chi connectivity index (χ1v) is 10.2. The lowest BCUT2D eigenvalue weighted by molar-refractivity contribution is 0.340. The number of fused-ring (bicyclic) bond motifs is 1. The van der Waals surface area contributed by atoms with Crippen LogP contribution in [0.15, 0.2) is 89.8 Å². The highest BCUT2D eigenvalue weighted by atomic mass is 32.1. The van der Waals surface area contributed by atoms with Gasteiger partial charge in [0.05, 0.1) is 18.0 Å². The van der Waals surface area contributed by atoms with Crippen LogP contribution in [0.5, 0.6) is 5.75 Å². The van der Waals surface area contributed by atoms with Crippen LogP contribution < -0.4 is 9.54 Å². The molecule has 0 aliphatic carbocycles. The summed E-state index contributed by atoms with van der Waals surface area (Å²) in [6.45, 7) is 7.28. The van der Waals surface area contributed by atoms with Gasteiger partial charge in [-0.05, 0) is 53.6 Å². The summed E-state index contributed by atoms with van der Waals surface area (Å²) in [5.41, 5.74) is 3.25. The van der Waals surface area contributed by atoms with E-state index < -0.39 is 0 Å². The maximum Gasteiger partial charge on any atom is 0.190 e. The summed E-state index contributed by atoms with van der Waals surface area (Å²) in [4.78, 5) is 5.80. The molecule has 0 aliphatic rings. The van der Waals surface area contributed by atoms with Crippen molar-refractivity contribution in [1.29, 1.82) is 0 Å². The van der Waals surface area contributed by atoms with E-state index in [-0.39, 0.29) is 0 Å². The molecule has 1 heterocycles. The minimum Gasteiger partial charge on any atom is -0.494 e. The lowest BCUT2D eigenvalue weighted by Gasteiger charge is -2.08. The van der Waals surface area contributed by atoms with Gasteiger partial charge in [-0.25, -0.2) is 4.99 Å². The number of nitrogens with zero attached hydrogens (tertiary/aromatic N) is 2. The van der Waals surface area contributed by atoms with Gasteiger partial charge in [-0.1, -0.05) is 42.5 Å². The number of aromatic nitrogens is 1. The van der Waals surface area contributed by atoms with Crippen LogP contribution in [-0.2, 0) is 6.54 Å². The second-order valence-corrected chi connectivity index (χ2v) is 7.24. The largest absolute Gasteiger partial charge is 0.494 e. The molecule has 0 fully saturated rings. The third kappa shape index (κ3) is 3.78. The molecular formula is C24H22N2OS. The zero-order chi connectivity index (χ0) is 19.3. The van der Waals surface area contributed by atoms with Gasteiger partial charge in [0.15, 0.2) is 4.80 Å². The molecule has 0 radical (unpaired) electrons. The van der Waals surface area contributed by atoms with Crippen molar-refractivity contribution in [3.8, 4) is 17.0 Å². The zero-order valence-electron chi connectivity index (χ0n) is 15.8. The summed E-state index contributed by atoms with van der Waals surface area (Å²) in [6, 6.07) is 22.9. The standard InChI is InChI=1S/C24H22N2OS/c1-3-15-26-23(20-10-9-18-7-5-6-8-19(18)16-20)17-28-24(26)25-21-11-13-22(14-12-21)27-4-2/h3,5-14,16-17H,1,4,15H2,2H3. The van der Waals surface area contributed by atoms with Gasteiger partial charge < -0.3 is 9.30 Å². The molecule has 0 amide bonds. The fourth-order valence-electron chi connectivity index (χ4n) is 3.20. The quantitative estimate of drug-likeness (QED) is 0.363. The van der Waals surface area contributed by atoms with Gasteiger partial charge in [0.2, 0.25) is 0 Å². The highest BCUT2D eigenvalue weighted by Crippen LogP contribution is 2.25. The molecule has 0 aliphatic heterocycles. The molecule has 1 aromatic heterocycles. The first-order chi connectivity index (χ1) is 13.8. The monoisotopic (exact) mass is 386 g/mol. The summed E-state index contributed by atoms with van der Waals surface area (Å²) < 4.78 is 7.72. The Morgan fingerprint density at radius 2 is 1.82 bits per heavy atom. The van der Waals surface area contributed by atoms with E-state index >= 15 is 0 Å². The van der Waals surface area contributed by atoms with Crippen molar-refractivity contribution in [2.75, 3.05) is 6.61 Å². The van der Waals surface area contributed by atoms with E-state index in [1.54, 1.807) is 11.3 Å². The van der Waals surface area contributed by atoms with E-state index in [0.717, 1.165) is 21.9 Å². The van der Waals surface area contributed by atoms with Crippen molar-refractivity contribution in [2.45, 2.75) is 13.5 Å². The maximum atomic E-state index is 5.51. The van der Waals surface area contributed by atoms with Gasteiger partial charge in [0.1, 0.15) is 5.75 Å². The van der Waals surface area contributed by atoms with E-state index in [2.05, 4.69) is 59.0 Å². The topological polar surface area (TPSA) is 26.5 Å². The molecule has 0 bridgehead atoms. The van der Waals surface area contributed by atoms with Crippen molar-refractivity contribution in [2.24, 2.45) is 4.99 Å². The summed E-state index contributed by atoms with van der Waals surface area (Å²) >= 11 is 1.64. The van der Waals surface area contributed by atoms with E-state index in [0.29, 0.717) is 13.2 Å². The summed E-state index contributed by atoms with van der Waals surface area (Å²) in [5.74, 6) is 0.864. The van der Waals surface area contributed by atoms with Gasteiger partial charge in [0.25, 0.3) is 0 Å². The molecule has 4 rings (SSSR count). The highest BCUT2D eigenvalue weighted by molar-refractivity contribution is 7.07. The minimum atomic E-state index is 0.663. The Hall–Kier alpha value is -3.11. The molecule has 4 heteroatoms. The smallest absolute Gasteiger partial charge is 0.190 e. The molecule has 4 aromatic rings. The van der Waals surface area contributed by atoms with Crippen molar-refractivity contribution in [1.82, 2.24) is 4.57 Å².